The van der Waals surface area contributed by atoms with E-state index in [0.29, 0.717) is 18.2 Å². The molecule has 0 fully saturated rings. The molecule has 0 aliphatic heterocycles. The molecule has 1 rings (SSSR count). The molecule has 1 aromatic heterocycles. The average molecular weight is 331 g/mol. The molecule has 1 amide bonds. The Morgan fingerprint density at radius 1 is 1.67 bits per heavy atom. The third-order valence-corrected chi connectivity index (χ3v) is 3.74. The SMILES string of the molecule is CC(C)CC(Nc1nscc1Br)C(=O)NCC#N. The maximum Gasteiger partial charge on any atom is 0.243 e. The lowest BCUT2D eigenvalue weighted by Gasteiger charge is -2.19. The van der Waals surface area contributed by atoms with E-state index in [1.54, 1.807) is 0 Å². The van der Waals surface area contributed by atoms with E-state index in [0.717, 1.165) is 4.47 Å². The lowest BCUT2D eigenvalue weighted by atomic mass is 10.0. The third-order valence-electron chi connectivity index (χ3n) is 2.20. The minimum atomic E-state index is -0.378. The van der Waals surface area contributed by atoms with Gasteiger partial charge in [0.25, 0.3) is 0 Å². The summed E-state index contributed by atoms with van der Waals surface area (Å²) in [5.74, 6) is 0.857. The Kier molecular flexibility index (Phi) is 6.09. The number of anilines is 1. The molecular formula is C11H15BrN4OS. The van der Waals surface area contributed by atoms with E-state index in [2.05, 4.69) is 30.9 Å². The van der Waals surface area contributed by atoms with Crippen molar-refractivity contribution in [2.75, 3.05) is 11.9 Å². The van der Waals surface area contributed by atoms with Crippen molar-refractivity contribution in [1.29, 1.82) is 5.26 Å². The van der Waals surface area contributed by atoms with Crippen molar-refractivity contribution in [2.45, 2.75) is 26.3 Å². The highest BCUT2D eigenvalue weighted by molar-refractivity contribution is 9.10. The Hall–Kier alpha value is -1.13. The number of nitriles is 1. The van der Waals surface area contributed by atoms with Gasteiger partial charge in [-0.15, -0.1) is 0 Å². The summed E-state index contributed by atoms with van der Waals surface area (Å²) in [6.45, 7) is 4.11. The van der Waals surface area contributed by atoms with Crippen LogP contribution in [0.25, 0.3) is 0 Å². The average Bonchev–Trinajstić information content (AvgIpc) is 2.70. The van der Waals surface area contributed by atoms with Gasteiger partial charge in [0.05, 0.1) is 10.5 Å². The fourth-order valence-corrected chi connectivity index (χ4v) is 2.52. The van der Waals surface area contributed by atoms with E-state index in [4.69, 9.17) is 5.26 Å². The van der Waals surface area contributed by atoms with Crippen LogP contribution in [-0.2, 0) is 4.79 Å². The molecule has 0 saturated heterocycles. The summed E-state index contributed by atoms with van der Waals surface area (Å²) < 4.78 is 5.01. The number of halogens is 1. The molecule has 0 aliphatic rings. The van der Waals surface area contributed by atoms with E-state index < -0.39 is 0 Å². The second kappa shape index (κ2) is 7.34. The molecule has 1 heterocycles. The molecule has 18 heavy (non-hydrogen) atoms. The molecule has 0 bridgehead atoms. The van der Waals surface area contributed by atoms with Crippen molar-refractivity contribution in [3.63, 3.8) is 0 Å². The van der Waals surface area contributed by atoms with Crippen LogP contribution in [0.1, 0.15) is 20.3 Å². The molecule has 0 spiro atoms. The van der Waals surface area contributed by atoms with Crippen molar-refractivity contribution in [3.05, 3.63) is 9.85 Å². The van der Waals surface area contributed by atoms with Gasteiger partial charge in [-0.2, -0.15) is 9.64 Å². The normalized spacial score (nSPS) is 11.9. The number of nitrogens with zero attached hydrogens (tertiary/aromatic N) is 2. The molecular weight excluding hydrogens is 316 g/mol. The Morgan fingerprint density at radius 3 is 2.89 bits per heavy atom. The smallest absolute Gasteiger partial charge is 0.243 e. The Labute approximate surface area is 119 Å². The highest BCUT2D eigenvalue weighted by atomic mass is 79.9. The first-order valence-electron chi connectivity index (χ1n) is 5.55. The minimum absolute atomic E-state index is 0.0212. The lowest BCUT2D eigenvalue weighted by molar-refractivity contribution is -0.121. The van der Waals surface area contributed by atoms with E-state index in [9.17, 15) is 4.79 Å². The number of hydrogen-bond donors (Lipinski definition) is 2. The monoisotopic (exact) mass is 330 g/mol. The van der Waals surface area contributed by atoms with Crippen molar-refractivity contribution < 1.29 is 4.79 Å². The van der Waals surface area contributed by atoms with Crippen molar-refractivity contribution in [1.82, 2.24) is 9.69 Å². The van der Waals surface area contributed by atoms with Crippen molar-refractivity contribution in [3.8, 4) is 6.07 Å². The number of carbonyl (C=O) groups excluding carboxylic acids is 1. The van der Waals surface area contributed by atoms with Gasteiger partial charge in [-0.3, -0.25) is 4.79 Å². The molecule has 7 heteroatoms. The van der Waals surface area contributed by atoms with Gasteiger partial charge in [-0.25, -0.2) is 0 Å². The van der Waals surface area contributed by atoms with Crippen LogP contribution >= 0.6 is 27.5 Å². The highest BCUT2D eigenvalue weighted by Gasteiger charge is 2.21. The van der Waals surface area contributed by atoms with E-state index in [1.165, 1.54) is 11.5 Å². The van der Waals surface area contributed by atoms with Gasteiger partial charge in [0.2, 0.25) is 5.91 Å². The topological polar surface area (TPSA) is 77.8 Å². The van der Waals surface area contributed by atoms with Gasteiger partial charge in [0, 0.05) is 5.38 Å². The number of rotatable bonds is 6. The number of carbonyl (C=O) groups is 1. The number of hydrogen-bond acceptors (Lipinski definition) is 5. The lowest BCUT2D eigenvalue weighted by Crippen LogP contribution is -2.40. The molecule has 2 N–H and O–H groups in total. The molecule has 1 aromatic rings. The largest absolute Gasteiger partial charge is 0.357 e. The summed E-state index contributed by atoms with van der Waals surface area (Å²) in [7, 11) is 0. The zero-order chi connectivity index (χ0) is 13.5. The maximum atomic E-state index is 11.9. The highest BCUT2D eigenvalue weighted by Crippen LogP contribution is 2.24. The second-order valence-electron chi connectivity index (χ2n) is 4.21. The fraction of sp³-hybridized carbons (Fsp3) is 0.545. The summed E-state index contributed by atoms with van der Waals surface area (Å²) in [5.41, 5.74) is 0. The van der Waals surface area contributed by atoms with E-state index >= 15 is 0 Å². The standard InChI is InChI=1S/C11H15BrN4OS/c1-7(2)5-9(11(17)14-4-3-13)15-10-8(12)6-18-16-10/h6-7,9H,4-5H2,1-2H3,(H,14,17)(H,15,16). The van der Waals surface area contributed by atoms with Crippen LogP contribution in [0.4, 0.5) is 5.82 Å². The Balaban J connectivity index is 2.69. The predicted molar refractivity (Wildman–Crippen MR) is 75.3 cm³/mol. The van der Waals surface area contributed by atoms with Gasteiger partial charge >= 0.3 is 0 Å². The molecule has 1 unspecified atom stereocenters. The van der Waals surface area contributed by atoms with Crippen molar-refractivity contribution >= 4 is 39.2 Å². The summed E-state index contributed by atoms with van der Waals surface area (Å²) in [6, 6.07) is 1.52. The first-order valence-corrected chi connectivity index (χ1v) is 7.18. The summed E-state index contributed by atoms with van der Waals surface area (Å²) in [6.07, 6.45) is 0.682. The molecule has 0 aromatic carbocycles. The van der Waals surface area contributed by atoms with E-state index in [1.807, 2.05) is 25.3 Å². The first-order chi connectivity index (χ1) is 8.54. The molecule has 0 saturated carbocycles. The van der Waals surface area contributed by atoms with Gasteiger partial charge < -0.3 is 10.6 Å². The predicted octanol–water partition coefficient (Wildman–Crippen LogP) is 2.37. The second-order valence-corrected chi connectivity index (χ2v) is 5.70. The molecule has 5 nitrogen and oxygen atoms in total. The van der Waals surface area contributed by atoms with Crippen LogP contribution in [0.5, 0.6) is 0 Å². The van der Waals surface area contributed by atoms with Crippen LogP contribution in [0.15, 0.2) is 9.85 Å². The Bertz CT molecular complexity index is 440. The summed E-state index contributed by atoms with van der Waals surface area (Å²) >= 11 is 4.68. The number of nitrogens with one attached hydrogen (secondary N) is 2. The summed E-state index contributed by atoms with van der Waals surface area (Å²) in [5, 5.41) is 16.0. The van der Waals surface area contributed by atoms with Crippen molar-refractivity contribution in [2.24, 2.45) is 5.92 Å². The van der Waals surface area contributed by atoms with Crippen LogP contribution in [0, 0.1) is 17.2 Å². The number of aromatic nitrogens is 1. The quantitative estimate of drug-likeness (QED) is 0.785. The zero-order valence-corrected chi connectivity index (χ0v) is 12.6. The number of amides is 1. The Morgan fingerprint density at radius 2 is 2.39 bits per heavy atom. The van der Waals surface area contributed by atoms with Gasteiger partial charge in [-0.05, 0) is 39.8 Å². The maximum absolute atomic E-state index is 11.9. The molecule has 1 atom stereocenters. The molecule has 98 valence electrons. The zero-order valence-electron chi connectivity index (χ0n) is 10.2. The first kappa shape index (κ1) is 14.9. The van der Waals surface area contributed by atoms with E-state index in [-0.39, 0.29) is 18.5 Å². The van der Waals surface area contributed by atoms with Gasteiger partial charge in [0.15, 0.2) is 5.82 Å². The van der Waals surface area contributed by atoms with Crippen LogP contribution in [-0.4, -0.2) is 22.9 Å². The van der Waals surface area contributed by atoms with Gasteiger partial charge in [-0.1, -0.05) is 13.8 Å². The molecule has 0 radical (unpaired) electrons. The van der Waals surface area contributed by atoms with Crippen LogP contribution in [0.2, 0.25) is 0 Å². The molecule has 0 aliphatic carbocycles. The van der Waals surface area contributed by atoms with Gasteiger partial charge in [0.1, 0.15) is 12.6 Å². The third kappa shape index (κ3) is 4.63. The van der Waals surface area contributed by atoms with Crippen LogP contribution < -0.4 is 10.6 Å². The fourth-order valence-electron chi connectivity index (χ4n) is 1.44. The van der Waals surface area contributed by atoms with Crippen LogP contribution in [0.3, 0.4) is 0 Å². The summed E-state index contributed by atoms with van der Waals surface area (Å²) in [4.78, 5) is 11.9. The minimum Gasteiger partial charge on any atom is -0.357 e.